The van der Waals surface area contributed by atoms with Crippen LogP contribution < -0.4 is 14.8 Å². The molecule has 0 aromatic heterocycles. The predicted molar refractivity (Wildman–Crippen MR) is 119 cm³/mol. The number of aryl methyl sites for hydroxylation is 1. The van der Waals surface area contributed by atoms with Gasteiger partial charge in [0.15, 0.2) is 0 Å². The second-order valence-electron chi connectivity index (χ2n) is 7.60. The minimum absolute atomic E-state index is 0.00661. The van der Waals surface area contributed by atoms with E-state index in [2.05, 4.69) is 5.32 Å². The SMILES string of the molecule is COc1ccc(S(=O)(=O)N2CCC(C(=O)NCCCc3cccc(OC)c3)CC2)cc1. The molecular formula is C23H30N2O5S. The molecular weight excluding hydrogens is 416 g/mol. The summed E-state index contributed by atoms with van der Waals surface area (Å²) in [7, 11) is -0.372. The molecule has 1 fully saturated rings. The molecule has 168 valence electrons. The number of amides is 1. The van der Waals surface area contributed by atoms with Crippen molar-refractivity contribution >= 4 is 15.9 Å². The van der Waals surface area contributed by atoms with E-state index in [0.717, 1.165) is 18.6 Å². The Morgan fingerprint density at radius 2 is 1.71 bits per heavy atom. The van der Waals surface area contributed by atoms with Crippen molar-refractivity contribution in [2.45, 2.75) is 30.6 Å². The predicted octanol–water partition coefficient (Wildman–Crippen LogP) is 2.85. The first-order valence-corrected chi connectivity index (χ1v) is 11.9. The maximum Gasteiger partial charge on any atom is 0.243 e. The standard InChI is InChI=1S/C23H30N2O5S/c1-29-20-8-10-22(11-9-20)31(27,28)25-15-12-19(13-16-25)23(26)24-14-4-6-18-5-3-7-21(17-18)30-2/h3,5,7-11,17,19H,4,6,12-16H2,1-2H3,(H,24,26). The van der Waals surface area contributed by atoms with Crippen molar-refractivity contribution in [1.82, 2.24) is 9.62 Å². The summed E-state index contributed by atoms with van der Waals surface area (Å²) in [4.78, 5) is 12.7. The second-order valence-corrected chi connectivity index (χ2v) is 9.54. The summed E-state index contributed by atoms with van der Waals surface area (Å²) in [6.07, 6.45) is 2.74. The van der Waals surface area contributed by atoms with Crippen LogP contribution in [-0.2, 0) is 21.2 Å². The van der Waals surface area contributed by atoms with E-state index >= 15 is 0 Å². The van der Waals surface area contributed by atoms with Gasteiger partial charge in [-0.1, -0.05) is 12.1 Å². The number of hydrogen-bond donors (Lipinski definition) is 1. The van der Waals surface area contributed by atoms with E-state index in [1.807, 2.05) is 24.3 Å². The molecule has 8 heteroatoms. The van der Waals surface area contributed by atoms with Gasteiger partial charge in [-0.15, -0.1) is 0 Å². The van der Waals surface area contributed by atoms with Crippen molar-refractivity contribution in [1.29, 1.82) is 0 Å². The summed E-state index contributed by atoms with van der Waals surface area (Å²) in [5.41, 5.74) is 1.17. The molecule has 0 radical (unpaired) electrons. The number of ether oxygens (including phenoxy) is 2. The molecule has 1 saturated heterocycles. The third-order valence-electron chi connectivity index (χ3n) is 5.60. The number of carbonyl (C=O) groups is 1. The van der Waals surface area contributed by atoms with Gasteiger partial charge < -0.3 is 14.8 Å². The number of nitrogens with zero attached hydrogens (tertiary/aromatic N) is 1. The zero-order valence-corrected chi connectivity index (χ0v) is 18.9. The van der Waals surface area contributed by atoms with Crippen LogP contribution in [0.3, 0.4) is 0 Å². The number of carbonyl (C=O) groups excluding carboxylic acids is 1. The Balaban J connectivity index is 1.43. The highest BCUT2D eigenvalue weighted by molar-refractivity contribution is 7.89. The van der Waals surface area contributed by atoms with Crippen LogP contribution >= 0.6 is 0 Å². The lowest BCUT2D eigenvalue weighted by Gasteiger charge is -2.30. The lowest BCUT2D eigenvalue weighted by atomic mass is 9.97. The molecule has 0 atom stereocenters. The third-order valence-corrected chi connectivity index (χ3v) is 7.51. The summed E-state index contributed by atoms with van der Waals surface area (Å²) in [5.74, 6) is 1.30. The van der Waals surface area contributed by atoms with Crippen molar-refractivity contribution in [2.24, 2.45) is 5.92 Å². The molecule has 2 aromatic carbocycles. The summed E-state index contributed by atoms with van der Waals surface area (Å²) < 4.78 is 37.4. The number of nitrogens with one attached hydrogen (secondary N) is 1. The molecule has 0 aliphatic carbocycles. The largest absolute Gasteiger partial charge is 0.497 e. The Morgan fingerprint density at radius 1 is 1.03 bits per heavy atom. The molecule has 2 aromatic rings. The van der Waals surface area contributed by atoms with Crippen LogP contribution in [0.2, 0.25) is 0 Å². The summed E-state index contributed by atoms with van der Waals surface area (Å²) in [6, 6.07) is 14.3. The molecule has 1 aliphatic rings. The van der Waals surface area contributed by atoms with Crippen molar-refractivity contribution in [3.8, 4) is 11.5 Å². The monoisotopic (exact) mass is 446 g/mol. The molecule has 0 unspecified atom stereocenters. The molecule has 1 heterocycles. The van der Waals surface area contributed by atoms with Crippen molar-refractivity contribution in [3.05, 3.63) is 54.1 Å². The van der Waals surface area contributed by atoms with Crippen molar-refractivity contribution < 1.29 is 22.7 Å². The number of benzene rings is 2. The smallest absolute Gasteiger partial charge is 0.243 e. The first-order valence-electron chi connectivity index (χ1n) is 10.5. The van der Waals surface area contributed by atoms with Crippen LogP contribution in [0.15, 0.2) is 53.4 Å². The van der Waals surface area contributed by atoms with E-state index in [1.165, 1.54) is 17.0 Å². The van der Waals surface area contributed by atoms with Crippen molar-refractivity contribution in [3.63, 3.8) is 0 Å². The lowest BCUT2D eigenvalue weighted by Crippen LogP contribution is -2.43. The van der Waals surface area contributed by atoms with Gasteiger partial charge in [-0.05, 0) is 67.6 Å². The second kappa shape index (κ2) is 10.6. The first kappa shape index (κ1) is 23.1. The van der Waals surface area contributed by atoms with Crippen LogP contribution in [0.1, 0.15) is 24.8 Å². The van der Waals surface area contributed by atoms with E-state index in [4.69, 9.17) is 9.47 Å². The van der Waals surface area contributed by atoms with Gasteiger partial charge in [0.1, 0.15) is 11.5 Å². The molecule has 1 amide bonds. The topological polar surface area (TPSA) is 84.9 Å². The van der Waals surface area contributed by atoms with Gasteiger partial charge in [0, 0.05) is 25.6 Å². The fourth-order valence-corrected chi connectivity index (χ4v) is 5.20. The maximum absolute atomic E-state index is 12.8. The minimum Gasteiger partial charge on any atom is -0.497 e. The Morgan fingerprint density at radius 3 is 2.35 bits per heavy atom. The van der Waals surface area contributed by atoms with Gasteiger partial charge >= 0.3 is 0 Å². The molecule has 1 N–H and O–H groups in total. The lowest BCUT2D eigenvalue weighted by molar-refractivity contribution is -0.126. The molecule has 31 heavy (non-hydrogen) atoms. The van der Waals surface area contributed by atoms with Gasteiger partial charge in [-0.2, -0.15) is 4.31 Å². The zero-order chi connectivity index (χ0) is 22.3. The highest BCUT2D eigenvalue weighted by Crippen LogP contribution is 2.25. The normalized spacial score (nSPS) is 15.4. The van der Waals surface area contributed by atoms with E-state index in [1.54, 1.807) is 31.4 Å². The van der Waals surface area contributed by atoms with Gasteiger partial charge in [-0.25, -0.2) is 8.42 Å². The Bertz CT molecular complexity index is 968. The van der Waals surface area contributed by atoms with E-state index in [-0.39, 0.29) is 16.7 Å². The number of piperidine rings is 1. The van der Waals surface area contributed by atoms with Gasteiger partial charge in [0.25, 0.3) is 0 Å². The zero-order valence-electron chi connectivity index (χ0n) is 18.0. The van der Waals surface area contributed by atoms with Crippen LogP contribution in [0.4, 0.5) is 0 Å². The maximum atomic E-state index is 12.8. The molecule has 3 rings (SSSR count). The van der Waals surface area contributed by atoms with E-state index in [0.29, 0.717) is 38.2 Å². The Hall–Kier alpha value is -2.58. The van der Waals surface area contributed by atoms with Crippen LogP contribution in [0, 0.1) is 5.92 Å². The average molecular weight is 447 g/mol. The summed E-state index contributed by atoms with van der Waals surface area (Å²) >= 11 is 0. The van der Waals surface area contributed by atoms with Gasteiger partial charge in [0.05, 0.1) is 19.1 Å². The van der Waals surface area contributed by atoms with E-state index < -0.39 is 10.0 Å². The quantitative estimate of drug-likeness (QED) is 0.599. The number of sulfonamides is 1. The molecule has 0 spiro atoms. The number of hydrogen-bond acceptors (Lipinski definition) is 5. The highest BCUT2D eigenvalue weighted by Gasteiger charge is 2.31. The Labute approximate surface area is 184 Å². The fourth-order valence-electron chi connectivity index (χ4n) is 3.73. The van der Waals surface area contributed by atoms with Crippen LogP contribution in [0.25, 0.3) is 0 Å². The number of methoxy groups -OCH3 is 2. The molecule has 0 bridgehead atoms. The summed E-state index contributed by atoms with van der Waals surface area (Å²) in [6.45, 7) is 1.28. The third kappa shape index (κ3) is 5.98. The first-order chi connectivity index (χ1) is 14.9. The van der Waals surface area contributed by atoms with Crippen LogP contribution in [0.5, 0.6) is 11.5 Å². The highest BCUT2D eigenvalue weighted by atomic mass is 32.2. The van der Waals surface area contributed by atoms with E-state index in [9.17, 15) is 13.2 Å². The molecule has 1 aliphatic heterocycles. The average Bonchev–Trinajstić information content (AvgIpc) is 2.82. The molecule has 7 nitrogen and oxygen atoms in total. The number of rotatable bonds is 9. The summed E-state index contributed by atoms with van der Waals surface area (Å²) in [5, 5.41) is 3.00. The fraction of sp³-hybridized carbons (Fsp3) is 0.435. The minimum atomic E-state index is -3.56. The molecule has 0 saturated carbocycles. The van der Waals surface area contributed by atoms with Crippen molar-refractivity contribution in [2.75, 3.05) is 33.9 Å². The Kier molecular flexibility index (Phi) is 7.92. The van der Waals surface area contributed by atoms with Gasteiger partial charge in [-0.3, -0.25) is 4.79 Å². The van der Waals surface area contributed by atoms with Crippen LogP contribution in [-0.4, -0.2) is 52.5 Å². The van der Waals surface area contributed by atoms with Gasteiger partial charge in [0.2, 0.25) is 15.9 Å².